The largest absolute Gasteiger partial charge is 0.394 e. The minimum absolute atomic E-state index is 0.226. The van der Waals surface area contributed by atoms with Crippen LogP contribution >= 0.6 is 0 Å². The van der Waals surface area contributed by atoms with Gasteiger partial charge >= 0.3 is 0 Å². The Labute approximate surface area is 65.6 Å². The molecule has 1 fully saturated rings. The second kappa shape index (κ2) is 3.52. The van der Waals surface area contributed by atoms with Gasteiger partial charge in [-0.2, -0.15) is 0 Å². The van der Waals surface area contributed by atoms with Crippen LogP contribution in [0.15, 0.2) is 0 Å². The first-order valence-electron chi connectivity index (χ1n) is 3.71. The number of halogens is 1. The van der Waals surface area contributed by atoms with Crippen LogP contribution in [0, 0.1) is 5.92 Å². The molecule has 0 bridgehead atoms. The first kappa shape index (κ1) is 8.97. The van der Waals surface area contributed by atoms with Gasteiger partial charge in [-0.15, -0.1) is 0 Å². The van der Waals surface area contributed by atoms with Crippen molar-refractivity contribution in [2.24, 2.45) is 5.92 Å². The average Bonchev–Trinajstić information content (AvgIpc) is 2.28. The number of aliphatic hydroxyl groups is 2. The van der Waals surface area contributed by atoms with Crippen molar-refractivity contribution < 1.29 is 19.3 Å². The summed E-state index contributed by atoms with van der Waals surface area (Å²) in [5, 5.41) is 18.0. The molecule has 0 aromatic rings. The molecule has 11 heavy (non-hydrogen) atoms. The molecule has 0 spiro atoms. The van der Waals surface area contributed by atoms with Crippen LogP contribution in [0.4, 0.5) is 4.39 Å². The lowest BCUT2D eigenvalue weighted by molar-refractivity contribution is 0.0212. The summed E-state index contributed by atoms with van der Waals surface area (Å²) in [6.07, 6.45) is -1.32. The molecular weight excluding hydrogens is 150 g/mol. The van der Waals surface area contributed by atoms with Gasteiger partial charge in [0.2, 0.25) is 0 Å². The summed E-state index contributed by atoms with van der Waals surface area (Å²) in [5.74, 6) is -0.560. The number of hydrogen-bond donors (Lipinski definition) is 2. The summed E-state index contributed by atoms with van der Waals surface area (Å²) < 4.78 is 17.3. The molecule has 0 aliphatic carbocycles. The van der Waals surface area contributed by atoms with E-state index in [0.29, 0.717) is 0 Å². The Balaban J connectivity index is 2.57. The number of ether oxygens (including phenoxy) is 1. The highest BCUT2D eigenvalue weighted by atomic mass is 19.1. The summed E-state index contributed by atoms with van der Waals surface area (Å²) in [7, 11) is 1.67. The van der Waals surface area contributed by atoms with Gasteiger partial charge in [0.25, 0.3) is 0 Å². The fourth-order valence-corrected chi connectivity index (χ4v) is 1.39. The molecule has 4 atom stereocenters. The quantitative estimate of drug-likeness (QED) is 0.475. The van der Waals surface area contributed by atoms with Gasteiger partial charge in [-0.3, -0.25) is 4.39 Å². The van der Waals surface area contributed by atoms with Crippen LogP contribution in [0.25, 0.3) is 0 Å². The van der Waals surface area contributed by atoms with Crippen LogP contribution in [-0.2, 0) is 4.74 Å². The molecule has 1 heterocycles. The lowest BCUT2D eigenvalue weighted by atomic mass is 9.88. The van der Waals surface area contributed by atoms with Gasteiger partial charge in [-0.05, 0) is 0 Å². The standard InChI is InChI=1S/C6H12BFO3/c7-6-5(10)3(1-8)4(2-9)11-6/h3-6,9-10H,1-2,7H2/t3-,4-,5-,6-/m1/s1. The van der Waals surface area contributed by atoms with Gasteiger partial charge in [0.05, 0.1) is 31.5 Å². The van der Waals surface area contributed by atoms with Crippen LogP contribution in [0.3, 0.4) is 0 Å². The number of rotatable bonds is 2. The second-order valence-corrected chi connectivity index (χ2v) is 2.87. The molecule has 64 valence electrons. The zero-order valence-corrected chi connectivity index (χ0v) is 6.40. The van der Waals surface area contributed by atoms with Crippen molar-refractivity contribution in [1.82, 2.24) is 0 Å². The fraction of sp³-hybridized carbons (Fsp3) is 1.00. The van der Waals surface area contributed by atoms with Crippen molar-refractivity contribution in [2.45, 2.75) is 18.2 Å². The van der Waals surface area contributed by atoms with Crippen molar-refractivity contribution in [1.29, 1.82) is 0 Å². The first-order valence-corrected chi connectivity index (χ1v) is 3.71. The molecule has 1 rings (SSSR count). The van der Waals surface area contributed by atoms with E-state index in [1.165, 1.54) is 0 Å². The minimum Gasteiger partial charge on any atom is -0.394 e. The molecule has 2 N–H and O–H groups in total. The molecule has 0 aromatic heterocycles. The van der Waals surface area contributed by atoms with Gasteiger partial charge in [-0.1, -0.05) is 0 Å². The highest BCUT2D eigenvalue weighted by Gasteiger charge is 2.40. The van der Waals surface area contributed by atoms with Crippen LogP contribution in [0.1, 0.15) is 0 Å². The van der Waals surface area contributed by atoms with E-state index in [1.54, 1.807) is 7.85 Å². The summed E-state index contributed by atoms with van der Waals surface area (Å²) in [5.41, 5.74) is 0. The van der Waals surface area contributed by atoms with Crippen molar-refractivity contribution in [3.05, 3.63) is 0 Å². The van der Waals surface area contributed by atoms with Gasteiger partial charge in [-0.25, -0.2) is 0 Å². The predicted octanol–water partition coefficient (Wildman–Crippen LogP) is -1.72. The van der Waals surface area contributed by atoms with E-state index in [9.17, 15) is 9.50 Å². The van der Waals surface area contributed by atoms with Crippen molar-refractivity contribution >= 4 is 7.85 Å². The van der Waals surface area contributed by atoms with E-state index >= 15 is 0 Å². The minimum atomic E-state index is -0.780. The third kappa shape index (κ3) is 1.55. The summed E-state index contributed by atoms with van der Waals surface area (Å²) >= 11 is 0. The van der Waals surface area contributed by atoms with Crippen molar-refractivity contribution in [2.75, 3.05) is 13.3 Å². The van der Waals surface area contributed by atoms with E-state index in [0.717, 1.165) is 0 Å². The van der Waals surface area contributed by atoms with Crippen LogP contribution in [0.5, 0.6) is 0 Å². The monoisotopic (exact) mass is 162 g/mol. The van der Waals surface area contributed by atoms with Crippen LogP contribution in [-0.4, -0.2) is 49.6 Å². The topological polar surface area (TPSA) is 49.7 Å². The van der Waals surface area contributed by atoms with Gasteiger partial charge in [0.15, 0.2) is 0 Å². The zero-order valence-electron chi connectivity index (χ0n) is 6.40. The zero-order chi connectivity index (χ0) is 8.43. The highest BCUT2D eigenvalue weighted by Crippen LogP contribution is 2.25. The molecule has 1 aliphatic heterocycles. The van der Waals surface area contributed by atoms with Crippen LogP contribution in [0.2, 0.25) is 0 Å². The maximum atomic E-state index is 12.2. The van der Waals surface area contributed by atoms with Gasteiger partial charge in [0.1, 0.15) is 7.85 Å². The number of hydrogen-bond acceptors (Lipinski definition) is 3. The number of aliphatic hydroxyl groups excluding tert-OH is 2. The Bertz CT molecular complexity index is 135. The second-order valence-electron chi connectivity index (χ2n) is 2.87. The SMILES string of the molecule is B[C@@H]1O[C@H](CO)[C@@H](CF)[C@H]1O. The predicted molar refractivity (Wildman–Crippen MR) is 39.8 cm³/mol. The van der Waals surface area contributed by atoms with E-state index < -0.39 is 24.8 Å². The Morgan fingerprint density at radius 1 is 1.55 bits per heavy atom. The van der Waals surface area contributed by atoms with Crippen LogP contribution < -0.4 is 0 Å². The lowest BCUT2D eigenvalue weighted by Crippen LogP contribution is -2.30. The van der Waals surface area contributed by atoms with Gasteiger partial charge in [0, 0.05) is 5.92 Å². The Morgan fingerprint density at radius 2 is 2.18 bits per heavy atom. The maximum Gasteiger partial charge on any atom is 0.142 e. The molecule has 0 unspecified atom stereocenters. The molecule has 3 nitrogen and oxygen atoms in total. The van der Waals surface area contributed by atoms with E-state index in [1.807, 2.05) is 0 Å². The lowest BCUT2D eigenvalue weighted by Gasteiger charge is -2.13. The van der Waals surface area contributed by atoms with E-state index in [2.05, 4.69) is 0 Å². The summed E-state index contributed by atoms with van der Waals surface area (Å²) in [6, 6.07) is -0.368. The Kier molecular flexibility index (Phi) is 2.87. The average molecular weight is 162 g/mol. The molecule has 0 radical (unpaired) electrons. The van der Waals surface area contributed by atoms with Crippen molar-refractivity contribution in [3.8, 4) is 0 Å². The third-order valence-corrected chi connectivity index (χ3v) is 2.14. The highest BCUT2D eigenvalue weighted by molar-refractivity contribution is 6.11. The normalized spacial score (nSPS) is 44.6. The smallest absolute Gasteiger partial charge is 0.142 e. The summed E-state index contributed by atoms with van der Waals surface area (Å²) in [4.78, 5) is 0. The molecule has 0 aromatic carbocycles. The fourth-order valence-electron chi connectivity index (χ4n) is 1.39. The van der Waals surface area contributed by atoms with E-state index in [4.69, 9.17) is 9.84 Å². The molecule has 5 heteroatoms. The van der Waals surface area contributed by atoms with Gasteiger partial charge < -0.3 is 14.9 Å². The molecule has 0 amide bonds. The Hall–Kier alpha value is -0.125. The maximum absolute atomic E-state index is 12.2. The number of alkyl halides is 1. The Morgan fingerprint density at radius 3 is 2.55 bits per heavy atom. The molecule has 1 aliphatic rings. The molecule has 1 saturated heterocycles. The third-order valence-electron chi connectivity index (χ3n) is 2.14. The van der Waals surface area contributed by atoms with Crippen molar-refractivity contribution in [3.63, 3.8) is 0 Å². The molecular formula is C6H12BFO3. The molecule has 0 saturated carbocycles. The summed E-state index contributed by atoms with van der Waals surface area (Å²) in [6.45, 7) is -0.868. The first-order chi connectivity index (χ1) is 5.20. The van der Waals surface area contributed by atoms with E-state index in [-0.39, 0.29) is 12.6 Å².